The zero-order valence-electron chi connectivity index (χ0n) is 15.4. The first kappa shape index (κ1) is 20.7. The molecular weight excluding hydrogens is 451 g/mol. The second-order valence-corrected chi connectivity index (χ2v) is 6.54. The number of nitrogen functional groups attached to an aromatic ring is 1. The van der Waals surface area contributed by atoms with Gasteiger partial charge in [0, 0.05) is 6.20 Å². The first-order valence-corrected chi connectivity index (χ1v) is 9.23. The van der Waals surface area contributed by atoms with Crippen molar-refractivity contribution in [1.82, 2.24) is 24.5 Å². The Morgan fingerprint density at radius 2 is 2.07 bits per heavy atom. The van der Waals surface area contributed by atoms with Gasteiger partial charge in [0.2, 0.25) is 0 Å². The predicted molar refractivity (Wildman–Crippen MR) is 115 cm³/mol. The van der Waals surface area contributed by atoms with E-state index in [0.717, 1.165) is 5.69 Å². The van der Waals surface area contributed by atoms with Gasteiger partial charge < -0.3 is 11.1 Å². The van der Waals surface area contributed by atoms with Crippen LogP contribution in [-0.4, -0.2) is 24.5 Å². The lowest BCUT2D eigenvalue weighted by atomic mass is 10.3. The summed E-state index contributed by atoms with van der Waals surface area (Å²) < 4.78 is 16.3. The van der Waals surface area contributed by atoms with Crippen molar-refractivity contribution in [2.24, 2.45) is 0 Å². The van der Waals surface area contributed by atoms with Gasteiger partial charge in [-0.05, 0) is 40.2 Å². The highest BCUT2D eigenvalue weighted by molar-refractivity contribution is 9.10. The quantitative estimate of drug-likeness (QED) is 0.444. The van der Waals surface area contributed by atoms with Gasteiger partial charge >= 0.3 is 0 Å². The number of nitrogens with one attached hydrogen (secondary N) is 1. The Bertz CT molecular complexity index is 1260. The lowest BCUT2D eigenvalue weighted by Gasteiger charge is -2.11. The number of hydrogen-bond acceptors (Lipinski definition) is 7. The van der Waals surface area contributed by atoms with Gasteiger partial charge in [0.25, 0.3) is 0 Å². The predicted octanol–water partition coefficient (Wildman–Crippen LogP) is 3.43. The molecule has 3 aromatic heterocycles. The number of nitrogens with zero attached hydrogens (tertiary/aromatic N) is 6. The summed E-state index contributed by atoms with van der Waals surface area (Å²) in [4.78, 5) is 16.6. The Morgan fingerprint density at radius 1 is 1.27 bits per heavy atom. The van der Waals surface area contributed by atoms with Gasteiger partial charge in [0.1, 0.15) is 41.2 Å². The van der Waals surface area contributed by atoms with Crippen molar-refractivity contribution < 1.29 is 4.39 Å². The number of hydrogen-bond donors (Lipinski definition) is 2. The van der Waals surface area contributed by atoms with Crippen LogP contribution in [0, 0.1) is 30.0 Å². The molecule has 0 spiro atoms. The summed E-state index contributed by atoms with van der Waals surface area (Å²) in [5, 5.41) is 12.3. The number of aromatic nitrogens is 5. The number of benzene rings is 1. The first-order chi connectivity index (χ1) is 14.6. The van der Waals surface area contributed by atoms with Gasteiger partial charge in [-0.1, -0.05) is 0 Å². The molecule has 0 unspecified atom stereocenters. The molecule has 30 heavy (non-hydrogen) atoms. The number of imidazole rings is 1. The van der Waals surface area contributed by atoms with Gasteiger partial charge in [0.05, 0.1) is 33.9 Å². The van der Waals surface area contributed by atoms with Crippen LogP contribution in [0.1, 0.15) is 11.4 Å². The van der Waals surface area contributed by atoms with Crippen LogP contribution in [0.4, 0.5) is 16.0 Å². The summed E-state index contributed by atoms with van der Waals surface area (Å²) in [6.07, 6.45) is 12.6. The van der Waals surface area contributed by atoms with Crippen molar-refractivity contribution in [2.75, 3.05) is 11.1 Å². The minimum atomic E-state index is -0.396. The molecule has 4 aromatic rings. The number of nitrogens with two attached hydrogens (primary N) is 1. The fourth-order valence-corrected chi connectivity index (χ4v) is 3.35. The molecule has 0 radical (unpaired) electrons. The molecule has 0 aliphatic rings. The summed E-state index contributed by atoms with van der Waals surface area (Å²) in [5.41, 5.74) is 7.78. The molecule has 0 atom stereocenters. The molecule has 8 nitrogen and oxygen atoms in total. The molecule has 1 aromatic carbocycles. The lowest BCUT2D eigenvalue weighted by Crippen LogP contribution is -2.11. The molecule has 0 aliphatic heterocycles. The van der Waals surface area contributed by atoms with Gasteiger partial charge in [-0.3, -0.25) is 9.55 Å². The standard InChI is InChI=1S/C18H12BrFN8.C2H2/c19-15-12(20)3-4-13-16(15)28(10-2-1-5-23-7-10)14(27-13)8-24-18-11(6-21)17(22)25-9-26-18;1-2/h1-5,7,9H,8H2,(H3,22,24,25,26);1-2H. The number of pyridine rings is 1. The van der Waals surface area contributed by atoms with Crippen molar-refractivity contribution in [1.29, 1.82) is 5.26 Å². The number of rotatable bonds is 4. The summed E-state index contributed by atoms with van der Waals surface area (Å²) >= 11 is 3.31. The fraction of sp³-hybridized carbons (Fsp3) is 0.0500. The second kappa shape index (κ2) is 8.99. The molecule has 0 saturated heterocycles. The third-order valence-electron chi connectivity index (χ3n) is 4.09. The monoisotopic (exact) mass is 464 g/mol. The molecule has 0 aliphatic carbocycles. The highest BCUT2D eigenvalue weighted by Gasteiger charge is 2.18. The average Bonchev–Trinajstić information content (AvgIpc) is 3.16. The Hall–Kier alpha value is -4.02. The fourth-order valence-electron chi connectivity index (χ4n) is 2.84. The number of anilines is 2. The molecule has 148 valence electrons. The van der Waals surface area contributed by atoms with Gasteiger partial charge in [-0.25, -0.2) is 19.3 Å². The Labute approximate surface area is 179 Å². The number of fused-ring (bicyclic) bond motifs is 1. The van der Waals surface area contributed by atoms with Gasteiger partial charge in [-0.15, -0.1) is 12.8 Å². The second-order valence-electron chi connectivity index (χ2n) is 5.75. The van der Waals surface area contributed by atoms with E-state index in [1.54, 1.807) is 29.1 Å². The first-order valence-electron chi connectivity index (χ1n) is 8.43. The molecule has 0 fully saturated rings. The van der Waals surface area contributed by atoms with Crippen LogP contribution in [0.5, 0.6) is 0 Å². The maximum atomic E-state index is 14.2. The normalized spacial score (nSPS) is 10.1. The lowest BCUT2D eigenvalue weighted by molar-refractivity contribution is 0.622. The van der Waals surface area contributed by atoms with Crippen LogP contribution in [0.2, 0.25) is 0 Å². The van der Waals surface area contributed by atoms with Crippen molar-refractivity contribution in [2.45, 2.75) is 6.54 Å². The van der Waals surface area contributed by atoms with E-state index in [1.807, 2.05) is 12.1 Å². The number of nitriles is 1. The average molecular weight is 465 g/mol. The molecule has 0 saturated carbocycles. The van der Waals surface area contributed by atoms with E-state index < -0.39 is 5.82 Å². The van der Waals surface area contributed by atoms with Crippen LogP contribution >= 0.6 is 15.9 Å². The molecular formula is C20H14BrFN8. The van der Waals surface area contributed by atoms with E-state index >= 15 is 0 Å². The SMILES string of the molecule is C#C.N#Cc1c(N)ncnc1NCc1nc2ccc(F)c(Br)c2n1-c1cccnc1. The maximum absolute atomic E-state index is 14.2. The topological polar surface area (TPSA) is 118 Å². The summed E-state index contributed by atoms with van der Waals surface area (Å²) in [6, 6.07) is 8.57. The van der Waals surface area contributed by atoms with E-state index in [0.29, 0.717) is 27.1 Å². The largest absolute Gasteiger partial charge is 0.382 e. The highest BCUT2D eigenvalue weighted by Crippen LogP contribution is 2.30. The number of terminal acetylenes is 1. The van der Waals surface area contributed by atoms with E-state index in [9.17, 15) is 9.65 Å². The number of halogens is 2. The third kappa shape index (κ3) is 3.77. The summed E-state index contributed by atoms with van der Waals surface area (Å²) in [6.45, 7) is 0.211. The van der Waals surface area contributed by atoms with Crippen LogP contribution in [0.25, 0.3) is 16.7 Å². The maximum Gasteiger partial charge on any atom is 0.149 e. The van der Waals surface area contributed by atoms with Crippen LogP contribution in [0.3, 0.4) is 0 Å². The van der Waals surface area contributed by atoms with Crippen molar-refractivity contribution in [3.05, 3.63) is 64.7 Å². The smallest absolute Gasteiger partial charge is 0.149 e. The van der Waals surface area contributed by atoms with E-state index in [1.165, 1.54) is 12.4 Å². The van der Waals surface area contributed by atoms with Crippen molar-refractivity contribution >= 4 is 38.6 Å². The minimum Gasteiger partial charge on any atom is -0.382 e. The molecule has 10 heteroatoms. The molecule has 3 N–H and O–H groups in total. The third-order valence-corrected chi connectivity index (χ3v) is 4.84. The zero-order chi connectivity index (χ0) is 21.7. The molecule has 3 heterocycles. The Kier molecular flexibility index (Phi) is 6.20. The van der Waals surface area contributed by atoms with Crippen molar-refractivity contribution in [3.8, 4) is 24.6 Å². The van der Waals surface area contributed by atoms with Gasteiger partial charge in [0.15, 0.2) is 0 Å². The Balaban J connectivity index is 0.00000124. The molecule has 0 amide bonds. The summed E-state index contributed by atoms with van der Waals surface area (Å²) in [5.74, 6) is 0.568. The van der Waals surface area contributed by atoms with Crippen molar-refractivity contribution in [3.63, 3.8) is 0 Å². The molecule has 4 rings (SSSR count). The highest BCUT2D eigenvalue weighted by atomic mass is 79.9. The van der Waals surface area contributed by atoms with Crippen LogP contribution in [-0.2, 0) is 6.54 Å². The Morgan fingerprint density at radius 3 is 2.77 bits per heavy atom. The van der Waals surface area contributed by atoms with Crippen LogP contribution < -0.4 is 11.1 Å². The van der Waals surface area contributed by atoms with Gasteiger partial charge in [-0.2, -0.15) is 5.26 Å². The minimum absolute atomic E-state index is 0.0885. The van der Waals surface area contributed by atoms with Crippen LogP contribution in [0.15, 0.2) is 47.5 Å². The van der Waals surface area contributed by atoms with E-state index in [2.05, 4.69) is 54.0 Å². The van der Waals surface area contributed by atoms with E-state index in [-0.39, 0.29) is 17.9 Å². The zero-order valence-corrected chi connectivity index (χ0v) is 17.0. The summed E-state index contributed by atoms with van der Waals surface area (Å²) in [7, 11) is 0. The van der Waals surface area contributed by atoms with E-state index in [4.69, 9.17) is 5.73 Å². The molecule has 0 bridgehead atoms.